The Balaban J connectivity index is 1.65. The Kier molecular flexibility index (Phi) is 4.36. The van der Waals surface area contributed by atoms with Crippen LogP contribution >= 0.6 is 27.7 Å². The summed E-state index contributed by atoms with van der Waals surface area (Å²) in [6, 6.07) is 20.7. The zero-order chi connectivity index (χ0) is 16.4. The molecule has 0 atom stereocenters. The van der Waals surface area contributed by atoms with Crippen molar-refractivity contribution >= 4 is 33.2 Å². The Morgan fingerprint density at radius 2 is 1.88 bits per heavy atom. The lowest BCUT2D eigenvalue weighted by molar-refractivity contribution is 0.920. The van der Waals surface area contributed by atoms with Crippen molar-refractivity contribution < 1.29 is 0 Å². The number of halogens is 1. The number of nitrogens with zero attached hydrogens (tertiary/aromatic N) is 3. The molecular formula is C19H14BrN3S. The summed E-state index contributed by atoms with van der Waals surface area (Å²) in [6.45, 7) is 0. The molecule has 0 aliphatic rings. The fraction of sp³-hybridized carbons (Fsp3) is 0.0526. The van der Waals surface area contributed by atoms with E-state index < -0.39 is 0 Å². The van der Waals surface area contributed by atoms with Crippen LogP contribution in [0, 0.1) is 0 Å². The lowest BCUT2D eigenvalue weighted by atomic mass is 10.1. The molecule has 5 heteroatoms. The fourth-order valence-corrected chi connectivity index (χ4v) is 3.90. The molecule has 2 heterocycles. The van der Waals surface area contributed by atoms with Crippen molar-refractivity contribution in [2.24, 2.45) is 0 Å². The third-order valence-corrected chi connectivity index (χ3v) is 5.25. The van der Waals surface area contributed by atoms with Crippen LogP contribution < -0.4 is 0 Å². The van der Waals surface area contributed by atoms with E-state index in [1.165, 1.54) is 5.56 Å². The van der Waals surface area contributed by atoms with Gasteiger partial charge in [0.15, 0.2) is 0 Å². The number of hydrogen-bond acceptors (Lipinski definition) is 3. The Hall–Kier alpha value is -2.11. The van der Waals surface area contributed by atoms with Crippen LogP contribution in [0.3, 0.4) is 0 Å². The molecule has 0 saturated carbocycles. The summed E-state index contributed by atoms with van der Waals surface area (Å²) in [5, 5.41) is 5.66. The SMILES string of the molecule is Brc1cccc(CSc2nccn3nc(-c4ccccc4)cc23)c1. The summed E-state index contributed by atoms with van der Waals surface area (Å²) in [5.74, 6) is 0.873. The van der Waals surface area contributed by atoms with Crippen molar-refractivity contribution in [3.63, 3.8) is 0 Å². The first-order valence-electron chi connectivity index (χ1n) is 7.57. The van der Waals surface area contributed by atoms with Crippen molar-refractivity contribution in [2.45, 2.75) is 10.8 Å². The molecule has 0 aliphatic carbocycles. The minimum absolute atomic E-state index is 0.873. The molecule has 0 aliphatic heterocycles. The Morgan fingerprint density at radius 3 is 2.71 bits per heavy atom. The first-order valence-corrected chi connectivity index (χ1v) is 9.34. The van der Waals surface area contributed by atoms with Gasteiger partial charge in [-0.3, -0.25) is 0 Å². The Morgan fingerprint density at radius 1 is 1.00 bits per heavy atom. The molecule has 4 aromatic rings. The largest absolute Gasteiger partial charge is 0.246 e. The summed E-state index contributed by atoms with van der Waals surface area (Å²) in [7, 11) is 0. The molecule has 0 fully saturated rings. The van der Waals surface area contributed by atoms with Gasteiger partial charge in [-0.15, -0.1) is 0 Å². The van der Waals surface area contributed by atoms with Crippen molar-refractivity contribution in [3.05, 3.63) is 83.1 Å². The zero-order valence-electron chi connectivity index (χ0n) is 12.8. The second kappa shape index (κ2) is 6.79. The van der Waals surface area contributed by atoms with Crippen LogP contribution in [0.25, 0.3) is 16.8 Å². The van der Waals surface area contributed by atoms with Gasteiger partial charge in [0, 0.05) is 28.2 Å². The Bertz CT molecular complexity index is 982. The van der Waals surface area contributed by atoms with Crippen LogP contribution in [-0.4, -0.2) is 14.6 Å². The molecule has 0 bridgehead atoms. The predicted octanol–water partition coefficient (Wildman–Crippen LogP) is 5.45. The van der Waals surface area contributed by atoms with E-state index in [1.807, 2.05) is 35.0 Å². The second-order valence-corrected chi connectivity index (χ2v) is 7.26. The van der Waals surface area contributed by atoms with E-state index in [0.29, 0.717) is 0 Å². The van der Waals surface area contributed by atoms with Gasteiger partial charge in [-0.2, -0.15) is 5.10 Å². The number of fused-ring (bicyclic) bond motifs is 1. The summed E-state index contributed by atoms with van der Waals surface area (Å²) in [5.41, 5.74) is 4.38. The van der Waals surface area contributed by atoms with Crippen LogP contribution in [0.2, 0.25) is 0 Å². The third-order valence-electron chi connectivity index (χ3n) is 3.69. The zero-order valence-corrected chi connectivity index (χ0v) is 15.2. The van der Waals surface area contributed by atoms with Crippen molar-refractivity contribution in [1.82, 2.24) is 14.6 Å². The van der Waals surface area contributed by atoms with Crippen LogP contribution in [0.5, 0.6) is 0 Å². The quantitative estimate of drug-likeness (QED) is 0.430. The third kappa shape index (κ3) is 3.23. The van der Waals surface area contributed by atoms with Gasteiger partial charge in [0.2, 0.25) is 0 Å². The fourth-order valence-electron chi connectivity index (χ4n) is 2.54. The number of aromatic nitrogens is 3. The summed E-state index contributed by atoms with van der Waals surface area (Å²) >= 11 is 5.25. The van der Waals surface area contributed by atoms with E-state index in [4.69, 9.17) is 0 Å². The minimum Gasteiger partial charge on any atom is -0.246 e. The number of thioether (sulfide) groups is 1. The van der Waals surface area contributed by atoms with Gasteiger partial charge >= 0.3 is 0 Å². The molecule has 118 valence electrons. The summed E-state index contributed by atoms with van der Waals surface area (Å²) in [6.07, 6.45) is 3.70. The molecule has 3 nitrogen and oxygen atoms in total. The van der Waals surface area contributed by atoms with Gasteiger partial charge in [-0.25, -0.2) is 9.50 Å². The highest BCUT2D eigenvalue weighted by Gasteiger charge is 2.09. The number of benzene rings is 2. The maximum absolute atomic E-state index is 4.67. The highest BCUT2D eigenvalue weighted by Crippen LogP contribution is 2.28. The first-order chi connectivity index (χ1) is 11.8. The van der Waals surface area contributed by atoms with Gasteiger partial charge in [0.05, 0.1) is 11.2 Å². The summed E-state index contributed by atoms with van der Waals surface area (Å²) in [4.78, 5) is 4.54. The molecule has 0 amide bonds. The van der Waals surface area contributed by atoms with E-state index in [-0.39, 0.29) is 0 Å². The normalized spacial score (nSPS) is 11.0. The van der Waals surface area contributed by atoms with Crippen molar-refractivity contribution in [1.29, 1.82) is 0 Å². The molecule has 0 spiro atoms. The molecule has 0 radical (unpaired) electrons. The maximum Gasteiger partial charge on any atom is 0.122 e. The van der Waals surface area contributed by atoms with Crippen LogP contribution in [0.15, 0.2) is 82.6 Å². The van der Waals surface area contributed by atoms with E-state index in [2.05, 4.69) is 62.4 Å². The van der Waals surface area contributed by atoms with Gasteiger partial charge in [0.1, 0.15) is 5.03 Å². The number of hydrogen-bond donors (Lipinski definition) is 0. The Labute approximate surface area is 152 Å². The van der Waals surface area contributed by atoms with E-state index in [9.17, 15) is 0 Å². The molecule has 2 aromatic carbocycles. The molecule has 4 rings (SSSR count). The molecule has 2 aromatic heterocycles. The van der Waals surface area contributed by atoms with Gasteiger partial charge in [0.25, 0.3) is 0 Å². The molecular weight excluding hydrogens is 382 g/mol. The highest BCUT2D eigenvalue weighted by molar-refractivity contribution is 9.10. The highest BCUT2D eigenvalue weighted by atomic mass is 79.9. The standard InChI is InChI=1S/C19H14BrN3S/c20-16-8-4-5-14(11-16)13-24-19-18-12-17(15-6-2-1-3-7-15)22-23(18)10-9-21-19/h1-12H,13H2. The maximum atomic E-state index is 4.67. The average molecular weight is 396 g/mol. The van der Waals surface area contributed by atoms with E-state index >= 15 is 0 Å². The topological polar surface area (TPSA) is 30.2 Å². The first kappa shape index (κ1) is 15.4. The van der Waals surface area contributed by atoms with Gasteiger partial charge in [-0.1, -0.05) is 70.2 Å². The molecule has 0 N–H and O–H groups in total. The van der Waals surface area contributed by atoms with Crippen molar-refractivity contribution in [3.8, 4) is 11.3 Å². The van der Waals surface area contributed by atoms with Crippen LogP contribution in [0.4, 0.5) is 0 Å². The van der Waals surface area contributed by atoms with Gasteiger partial charge < -0.3 is 0 Å². The lowest BCUT2D eigenvalue weighted by Gasteiger charge is -2.03. The minimum atomic E-state index is 0.873. The molecule has 24 heavy (non-hydrogen) atoms. The van der Waals surface area contributed by atoms with Crippen molar-refractivity contribution in [2.75, 3.05) is 0 Å². The smallest absolute Gasteiger partial charge is 0.122 e. The van der Waals surface area contributed by atoms with Gasteiger partial charge in [-0.05, 0) is 23.8 Å². The van der Waals surface area contributed by atoms with Crippen LogP contribution in [0.1, 0.15) is 5.56 Å². The van der Waals surface area contributed by atoms with Crippen LogP contribution in [-0.2, 0) is 5.75 Å². The lowest BCUT2D eigenvalue weighted by Crippen LogP contribution is -1.91. The molecule has 0 saturated heterocycles. The molecule has 0 unspecified atom stereocenters. The van der Waals surface area contributed by atoms with E-state index in [1.54, 1.807) is 18.0 Å². The predicted molar refractivity (Wildman–Crippen MR) is 102 cm³/mol. The second-order valence-electron chi connectivity index (χ2n) is 5.38. The monoisotopic (exact) mass is 395 g/mol. The van der Waals surface area contributed by atoms with E-state index in [0.717, 1.165) is 32.0 Å². The average Bonchev–Trinajstić information content (AvgIpc) is 3.06. The summed E-state index contributed by atoms with van der Waals surface area (Å²) < 4.78 is 3.00. The number of rotatable bonds is 4.